The van der Waals surface area contributed by atoms with Crippen molar-refractivity contribution in [2.24, 2.45) is 0 Å². The van der Waals surface area contributed by atoms with E-state index in [2.05, 4.69) is 17.4 Å². The molecule has 1 heterocycles. The standard InChI is InChI=1S/C23H21N3O4S/c1-2-13-26(17-19-7-5-18(15-24)6-8-19)23(27)20-9-11-22(12-10-20)31(28,29)25-16-21-4-3-14-30-21/h2-12,14,25H,1,13,16-17H2. The molecule has 7 nitrogen and oxygen atoms in total. The molecule has 2 aromatic carbocycles. The Balaban J connectivity index is 1.71. The average molecular weight is 436 g/mol. The van der Waals surface area contributed by atoms with Gasteiger partial charge in [-0.3, -0.25) is 4.79 Å². The van der Waals surface area contributed by atoms with Crippen LogP contribution in [0.1, 0.15) is 27.2 Å². The number of sulfonamides is 1. The second kappa shape index (κ2) is 9.89. The Morgan fingerprint density at radius 2 is 1.84 bits per heavy atom. The van der Waals surface area contributed by atoms with Gasteiger partial charge in [0.25, 0.3) is 5.91 Å². The molecule has 1 amide bonds. The van der Waals surface area contributed by atoms with Crippen molar-refractivity contribution in [3.8, 4) is 6.07 Å². The monoisotopic (exact) mass is 435 g/mol. The molecule has 0 saturated heterocycles. The average Bonchev–Trinajstić information content (AvgIpc) is 3.31. The number of furan rings is 1. The van der Waals surface area contributed by atoms with E-state index in [-0.39, 0.29) is 17.3 Å². The minimum absolute atomic E-state index is 0.0354. The molecule has 0 aliphatic heterocycles. The predicted molar refractivity (Wildman–Crippen MR) is 115 cm³/mol. The fraction of sp³-hybridized carbons (Fsp3) is 0.130. The Hall–Kier alpha value is -3.67. The summed E-state index contributed by atoms with van der Waals surface area (Å²) in [6, 6.07) is 18.1. The topological polar surface area (TPSA) is 103 Å². The lowest BCUT2D eigenvalue weighted by Crippen LogP contribution is -2.30. The summed E-state index contributed by atoms with van der Waals surface area (Å²) in [7, 11) is -3.74. The van der Waals surface area contributed by atoms with Crippen LogP contribution in [0.25, 0.3) is 0 Å². The van der Waals surface area contributed by atoms with Crippen LogP contribution in [-0.4, -0.2) is 25.8 Å². The summed E-state index contributed by atoms with van der Waals surface area (Å²) in [5.41, 5.74) is 1.78. The van der Waals surface area contributed by atoms with Crippen LogP contribution in [0.2, 0.25) is 0 Å². The molecule has 0 bridgehead atoms. The quantitative estimate of drug-likeness (QED) is 0.519. The first-order chi connectivity index (χ1) is 14.9. The predicted octanol–water partition coefficient (Wildman–Crippen LogP) is 3.46. The number of nitriles is 1. The van der Waals surface area contributed by atoms with Gasteiger partial charge in [-0.05, 0) is 54.1 Å². The van der Waals surface area contributed by atoms with Crippen LogP contribution >= 0.6 is 0 Å². The molecule has 3 aromatic rings. The largest absolute Gasteiger partial charge is 0.468 e. The minimum Gasteiger partial charge on any atom is -0.468 e. The van der Waals surface area contributed by atoms with Crippen molar-refractivity contribution in [3.05, 3.63) is 102 Å². The van der Waals surface area contributed by atoms with Gasteiger partial charge in [-0.1, -0.05) is 18.2 Å². The van der Waals surface area contributed by atoms with Crippen molar-refractivity contribution >= 4 is 15.9 Å². The molecular formula is C23H21N3O4S. The molecule has 0 aliphatic rings. The molecule has 1 N–H and O–H groups in total. The van der Waals surface area contributed by atoms with E-state index >= 15 is 0 Å². The molecular weight excluding hydrogens is 414 g/mol. The molecule has 0 aliphatic carbocycles. The summed E-state index contributed by atoms with van der Waals surface area (Å²) in [6.45, 7) is 4.39. The van der Waals surface area contributed by atoms with Gasteiger partial charge < -0.3 is 9.32 Å². The normalized spacial score (nSPS) is 10.9. The first kappa shape index (κ1) is 22.0. The van der Waals surface area contributed by atoms with Crippen molar-refractivity contribution in [1.82, 2.24) is 9.62 Å². The number of nitrogens with zero attached hydrogens (tertiary/aromatic N) is 2. The highest BCUT2D eigenvalue weighted by Gasteiger charge is 2.18. The van der Waals surface area contributed by atoms with Crippen LogP contribution in [0.15, 0.2) is 88.9 Å². The second-order valence-corrected chi connectivity index (χ2v) is 8.48. The second-order valence-electron chi connectivity index (χ2n) is 6.71. The van der Waals surface area contributed by atoms with Crippen molar-refractivity contribution in [3.63, 3.8) is 0 Å². The van der Waals surface area contributed by atoms with Gasteiger partial charge in [0.2, 0.25) is 10.0 Å². The number of carbonyl (C=O) groups is 1. The maximum atomic E-state index is 13.0. The van der Waals surface area contributed by atoms with E-state index in [1.54, 1.807) is 47.4 Å². The maximum absolute atomic E-state index is 13.0. The Kier molecular flexibility index (Phi) is 7.03. The van der Waals surface area contributed by atoms with E-state index in [9.17, 15) is 13.2 Å². The summed E-state index contributed by atoms with van der Waals surface area (Å²) in [4.78, 5) is 14.6. The molecule has 1 aromatic heterocycles. The van der Waals surface area contributed by atoms with Crippen molar-refractivity contribution < 1.29 is 17.6 Å². The van der Waals surface area contributed by atoms with Gasteiger partial charge in [0.1, 0.15) is 5.76 Å². The summed E-state index contributed by atoms with van der Waals surface area (Å²) in [5, 5.41) is 8.91. The van der Waals surface area contributed by atoms with E-state index < -0.39 is 10.0 Å². The van der Waals surface area contributed by atoms with Crippen molar-refractivity contribution in [2.75, 3.05) is 6.54 Å². The highest BCUT2D eigenvalue weighted by molar-refractivity contribution is 7.89. The first-order valence-corrected chi connectivity index (χ1v) is 10.9. The highest BCUT2D eigenvalue weighted by atomic mass is 32.2. The first-order valence-electron chi connectivity index (χ1n) is 9.44. The Morgan fingerprint density at radius 1 is 1.13 bits per heavy atom. The molecule has 0 unspecified atom stereocenters. The number of rotatable bonds is 9. The van der Waals surface area contributed by atoms with Crippen molar-refractivity contribution in [2.45, 2.75) is 18.0 Å². The van der Waals surface area contributed by atoms with E-state index in [0.29, 0.717) is 30.0 Å². The van der Waals surface area contributed by atoms with E-state index in [0.717, 1.165) is 5.56 Å². The van der Waals surface area contributed by atoms with Crippen LogP contribution in [0.5, 0.6) is 0 Å². The summed E-state index contributed by atoms with van der Waals surface area (Å²) >= 11 is 0. The third-order valence-corrected chi connectivity index (χ3v) is 5.94. The summed E-state index contributed by atoms with van der Waals surface area (Å²) < 4.78 is 32.5. The lowest BCUT2D eigenvalue weighted by atomic mass is 10.1. The summed E-state index contributed by atoms with van der Waals surface area (Å²) in [6.07, 6.45) is 3.09. The van der Waals surface area contributed by atoms with E-state index in [1.165, 1.54) is 30.5 Å². The molecule has 0 saturated carbocycles. The van der Waals surface area contributed by atoms with Gasteiger partial charge in [0, 0.05) is 18.7 Å². The number of benzene rings is 2. The van der Waals surface area contributed by atoms with Gasteiger partial charge in [0.05, 0.1) is 29.3 Å². The zero-order valence-electron chi connectivity index (χ0n) is 16.7. The van der Waals surface area contributed by atoms with Gasteiger partial charge in [-0.25, -0.2) is 13.1 Å². The highest BCUT2D eigenvalue weighted by Crippen LogP contribution is 2.15. The molecule has 8 heteroatoms. The fourth-order valence-corrected chi connectivity index (χ4v) is 3.90. The van der Waals surface area contributed by atoms with Crippen LogP contribution < -0.4 is 4.72 Å². The molecule has 0 fully saturated rings. The van der Waals surface area contributed by atoms with E-state index in [4.69, 9.17) is 9.68 Å². The van der Waals surface area contributed by atoms with E-state index in [1.807, 2.05) is 0 Å². The zero-order chi connectivity index (χ0) is 22.3. The fourth-order valence-electron chi connectivity index (χ4n) is 2.90. The molecule has 0 atom stereocenters. The Bertz CT molecular complexity index is 1180. The molecule has 0 spiro atoms. The van der Waals surface area contributed by atoms with Gasteiger partial charge in [-0.15, -0.1) is 6.58 Å². The van der Waals surface area contributed by atoms with Crippen LogP contribution in [-0.2, 0) is 23.1 Å². The smallest absolute Gasteiger partial charge is 0.254 e. The number of amides is 1. The molecule has 0 radical (unpaired) electrons. The maximum Gasteiger partial charge on any atom is 0.254 e. The summed E-state index contributed by atoms with van der Waals surface area (Å²) in [5.74, 6) is 0.245. The zero-order valence-corrected chi connectivity index (χ0v) is 17.5. The third kappa shape index (κ3) is 5.69. The van der Waals surface area contributed by atoms with Crippen LogP contribution in [0.3, 0.4) is 0 Å². The van der Waals surface area contributed by atoms with Gasteiger partial charge in [-0.2, -0.15) is 5.26 Å². The Morgan fingerprint density at radius 3 is 2.42 bits per heavy atom. The minimum atomic E-state index is -3.74. The lowest BCUT2D eigenvalue weighted by molar-refractivity contribution is 0.0762. The number of carbonyl (C=O) groups excluding carboxylic acids is 1. The third-order valence-electron chi connectivity index (χ3n) is 4.52. The van der Waals surface area contributed by atoms with Crippen LogP contribution in [0.4, 0.5) is 0 Å². The number of nitrogens with one attached hydrogen (secondary N) is 1. The SMILES string of the molecule is C=CCN(Cc1ccc(C#N)cc1)C(=O)c1ccc(S(=O)(=O)NCc2ccco2)cc1. The lowest BCUT2D eigenvalue weighted by Gasteiger charge is -2.21. The van der Waals surface area contributed by atoms with Gasteiger partial charge >= 0.3 is 0 Å². The Labute approximate surface area is 181 Å². The van der Waals surface area contributed by atoms with Crippen LogP contribution in [0, 0.1) is 11.3 Å². The van der Waals surface area contributed by atoms with Gasteiger partial charge in [0.15, 0.2) is 0 Å². The number of hydrogen-bond acceptors (Lipinski definition) is 5. The molecule has 31 heavy (non-hydrogen) atoms. The number of hydrogen-bond donors (Lipinski definition) is 1. The molecule has 158 valence electrons. The van der Waals surface area contributed by atoms with Crippen molar-refractivity contribution in [1.29, 1.82) is 5.26 Å². The molecule has 3 rings (SSSR count).